The minimum atomic E-state index is -0.530. The summed E-state index contributed by atoms with van der Waals surface area (Å²) in [5, 5.41) is 6.87. The molecule has 0 aliphatic carbocycles. The highest BCUT2D eigenvalue weighted by atomic mass is 19.1. The van der Waals surface area contributed by atoms with Crippen molar-refractivity contribution < 1.29 is 18.4 Å². The van der Waals surface area contributed by atoms with Crippen molar-refractivity contribution in [2.45, 2.75) is 12.5 Å². The minimum Gasteiger partial charge on any atom is -0.455 e. The van der Waals surface area contributed by atoms with Crippen LogP contribution in [0.15, 0.2) is 107 Å². The summed E-state index contributed by atoms with van der Waals surface area (Å²) in [7, 11) is 0. The van der Waals surface area contributed by atoms with Crippen LogP contribution in [0, 0.1) is 5.82 Å². The Morgan fingerprint density at radius 1 is 0.882 bits per heavy atom. The van der Waals surface area contributed by atoms with Gasteiger partial charge in [0, 0.05) is 11.1 Å². The summed E-state index contributed by atoms with van der Waals surface area (Å²) in [6, 6.07) is 26.9. The number of furan rings is 1. The number of rotatable bonds is 8. The van der Waals surface area contributed by atoms with Gasteiger partial charge in [0.2, 0.25) is 5.91 Å². The molecular weight excluding hydrogens is 433 g/mol. The molecule has 0 saturated carbocycles. The van der Waals surface area contributed by atoms with Gasteiger partial charge >= 0.3 is 0 Å². The topological polar surface area (TPSA) is 83.7 Å². The Kier molecular flexibility index (Phi) is 7.25. The van der Waals surface area contributed by atoms with E-state index in [0.717, 1.165) is 11.1 Å². The number of nitrogens with one attached hydrogen (secondary N) is 2. The van der Waals surface area contributed by atoms with Crippen molar-refractivity contribution in [1.82, 2.24) is 10.7 Å². The fourth-order valence-electron chi connectivity index (χ4n) is 3.36. The molecule has 2 amide bonds. The predicted octanol–water partition coefficient (Wildman–Crippen LogP) is 5.10. The lowest BCUT2D eigenvalue weighted by atomic mass is 10.0. The van der Waals surface area contributed by atoms with E-state index < -0.39 is 6.04 Å². The first-order valence-corrected chi connectivity index (χ1v) is 10.7. The summed E-state index contributed by atoms with van der Waals surface area (Å²) >= 11 is 0. The number of hydrogen-bond donors (Lipinski definition) is 2. The molecular formula is C27H22FN3O3. The molecule has 1 heterocycles. The van der Waals surface area contributed by atoms with E-state index in [1.54, 1.807) is 48.5 Å². The number of nitrogens with zero attached hydrogens (tertiary/aromatic N) is 1. The maximum atomic E-state index is 13.1. The third kappa shape index (κ3) is 6.04. The van der Waals surface area contributed by atoms with Crippen LogP contribution < -0.4 is 10.7 Å². The van der Waals surface area contributed by atoms with Crippen LogP contribution in [0.4, 0.5) is 4.39 Å². The van der Waals surface area contributed by atoms with Crippen molar-refractivity contribution in [3.8, 4) is 11.3 Å². The lowest BCUT2D eigenvalue weighted by molar-refractivity contribution is -0.121. The van der Waals surface area contributed by atoms with Crippen LogP contribution in [0.3, 0.4) is 0 Å². The quantitative estimate of drug-likeness (QED) is 0.287. The van der Waals surface area contributed by atoms with Gasteiger partial charge < -0.3 is 9.73 Å². The van der Waals surface area contributed by atoms with Gasteiger partial charge in [0.25, 0.3) is 5.91 Å². The van der Waals surface area contributed by atoms with Gasteiger partial charge in [-0.25, -0.2) is 9.82 Å². The smallest absolute Gasteiger partial charge is 0.251 e. The number of benzene rings is 3. The van der Waals surface area contributed by atoms with Gasteiger partial charge in [0.15, 0.2) is 0 Å². The van der Waals surface area contributed by atoms with Gasteiger partial charge in [-0.05, 0) is 54.1 Å². The van der Waals surface area contributed by atoms with Crippen LogP contribution in [0.25, 0.3) is 11.3 Å². The van der Waals surface area contributed by atoms with Gasteiger partial charge in [-0.1, -0.05) is 48.5 Å². The molecule has 0 saturated heterocycles. The summed E-state index contributed by atoms with van der Waals surface area (Å²) in [6.07, 6.45) is 1.38. The Bertz CT molecular complexity index is 1270. The molecule has 0 radical (unpaired) electrons. The largest absolute Gasteiger partial charge is 0.455 e. The summed E-state index contributed by atoms with van der Waals surface area (Å²) in [5.74, 6) is 0.0177. The van der Waals surface area contributed by atoms with Gasteiger partial charge in [0.1, 0.15) is 17.3 Å². The first-order valence-electron chi connectivity index (χ1n) is 10.7. The number of carbonyl (C=O) groups is 2. The third-order valence-electron chi connectivity index (χ3n) is 5.07. The summed E-state index contributed by atoms with van der Waals surface area (Å²) < 4.78 is 18.8. The highest BCUT2D eigenvalue weighted by Crippen LogP contribution is 2.22. The third-order valence-corrected chi connectivity index (χ3v) is 5.07. The fourth-order valence-corrected chi connectivity index (χ4v) is 3.36. The zero-order chi connectivity index (χ0) is 23.8. The number of carbonyl (C=O) groups excluding carboxylic acids is 2. The van der Waals surface area contributed by atoms with E-state index in [4.69, 9.17) is 4.42 Å². The molecule has 170 valence electrons. The lowest BCUT2D eigenvalue weighted by Gasteiger charge is -2.18. The summed E-state index contributed by atoms with van der Waals surface area (Å²) in [4.78, 5) is 25.2. The Morgan fingerprint density at radius 2 is 1.56 bits per heavy atom. The van der Waals surface area contributed by atoms with Crippen LogP contribution in [0.1, 0.15) is 34.1 Å². The lowest BCUT2D eigenvalue weighted by Crippen LogP contribution is -2.32. The van der Waals surface area contributed by atoms with Crippen LogP contribution in [0.5, 0.6) is 0 Å². The van der Waals surface area contributed by atoms with E-state index in [-0.39, 0.29) is 24.1 Å². The molecule has 0 unspecified atom stereocenters. The minimum absolute atomic E-state index is 0.00108. The molecule has 0 spiro atoms. The number of hydrogen-bond acceptors (Lipinski definition) is 4. The van der Waals surface area contributed by atoms with Crippen molar-refractivity contribution in [3.63, 3.8) is 0 Å². The molecule has 34 heavy (non-hydrogen) atoms. The van der Waals surface area contributed by atoms with E-state index in [9.17, 15) is 14.0 Å². The monoisotopic (exact) mass is 455 g/mol. The van der Waals surface area contributed by atoms with E-state index in [0.29, 0.717) is 17.1 Å². The molecule has 1 aromatic heterocycles. The SMILES string of the molecule is O=C(C[C@@H](NC(=O)c1ccccc1)c1ccccc1)N/N=C\c1ccc(-c2ccc(F)cc2)o1. The maximum absolute atomic E-state index is 13.1. The molecule has 1 atom stereocenters. The molecule has 7 heteroatoms. The van der Waals surface area contributed by atoms with Gasteiger partial charge in [-0.15, -0.1) is 0 Å². The second kappa shape index (κ2) is 10.9. The Hall–Kier alpha value is -4.52. The maximum Gasteiger partial charge on any atom is 0.251 e. The number of amides is 2. The molecule has 2 N–H and O–H groups in total. The molecule has 0 bridgehead atoms. The molecule has 6 nitrogen and oxygen atoms in total. The normalized spacial score (nSPS) is 11.8. The van der Waals surface area contributed by atoms with Gasteiger partial charge in [-0.2, -0.15) is 5.10 Å². The van der Waals surface area contributed by atoms with Crippen LogP contribution in [0.2, 0.25) is 0 Å². The second-order valence-corrected chi connectivity index (χ2v) is 7.51. The Labute approximate surface area is 196 Å². The summed E-state index contributed by atoms with van der Waals surface area (Å²) in [5.41, 5.74) is 4.51. The zero-order valence-electron chi connectivity index (χ0n) is 18.1. The van der Waals surface area contributed by atoms with Crippen LogP contribution >= 0.6 is 0 Å². The predicted molar refractivity (Wildman–Crippen MR) is 128 cm³/mol. The van der Waals surface area contributed by atoms with Crippen LogP contribution in [-0.2, 0) is 4.79 Å². The van der Waals surface area contributed by atoms with E-state index in [2.05, 4.69) is 15.8 Å². The zero-order valence-corrected chi connectivity index (χ0v) is 18.1. The first-order chi connectivity index (χ1) is 16.6. The van der Waals surface area contributed by atoms with Gasteiger partial charge in [-0.3, -0.25) is 9.59 Å². The van der Waals surface area contributed by atoms with E-state index in [1.165, 1.54) is 18.3 Å². The fraction of sp³-hybridized carbons (Fsp3) is 0.0741. The van der Waals surface area contributed by atoms with E-state index >= 15 is 0 Å². The second-order valence-electron chi connectivity index (χ2n) is 7.51. The number of hydrazone groups is 1. The van der Waals surface area contributed by atoms with Crippen molar-refractivity contribution in [2.24, 2.45) is 5.10 Å². The molecule has 4 rings (SSSR count). The Morgan fingerprint density at radius 3 is 2.26 bits per heavy atom. The van der Waals surface area contributed by atoms with Crippen molar-refractivity contribution in [2.75, 3.05) is 0 Å². The first kappa shape index (κ1) is 22.7. The van der Waals surface area contributed by atoms with Crippen molar-refractivity contribution in [1.29, 1.82) is 0 Å². The molecule has 3 aromatic carbocycles. The van der Waals surface area contributed by atoms with E-state index in [1.807, 2.05) is 36.4 Å². The standard InChI is InChI=1S/C27H22FN3O3/c28-22-13-11-20(12-14-22)25-16-15-23(34-25)18-29-31-26(32)17-24(19-7-3-1-4-8-19)30-27(33)21-9-5-2-6-10-21/h1-16,18,24H,17H2,(H,30,33)(H,31,32)/b29-18-/t24-/m1/s1. The average Bonchev–Trinajstić information content (AvgIpc) is 3.34. The number of halogens is 1. The molecule has 0 fully saturated rings. The molecule has 0 aliphatic rings. The highest BCUT2D eigenvalue weighted by Gasteiger charge is 2.19. The van der Waals surface area contributed by atoms with Crippen molar-refractivity contribution >= 4 is 18.0 Å². The summed E-state index contributed by atoms with van der Waals surface area (Å²) in [6.45, 7) is 0. The van der Waals surface area contributed by atoms with Crippen molar-refractivity contribution in [3.05, 3.63) is 120 Å². The van der Waals surface area contributed by atoms with Crippen LogP contribution in [-0.4, -0.2) is 18.0 Å². The molecule has 4 aromatic rings. The average molecular weight is 455 g/mol. The molecule has 0 aliphatic heterocycles. The highest BCUT2D eigenvalue weighted by molar-refractivity contribution is 5.94. The Balaban J connectivity index is 1.38. The van der Waals surface area contributed by atoms with Gasteiger partial charge in [0.05, 0.1) is 18.7 Å².